The van der Waals surface area contributed by atoms with E-state index in [1.54, 1.807) is 36.9 Å². The van der Waals surface area contributed by atoms with Crippen LogP contribution < -0.4 is 15.6 Å². The summed E-state index contributed by atoms with van der Waals surface area (Å²) < 4.78 is 7.04. The molecule has 0 bridgehead atoms. The van der Waals surface area contributed by atoms with E-state index in [0.717, 1.165) is 33.1 Å². The van der Waals surface area contributed by atoms with Crippen LogP contribution in [0.15, 0.2) is 83.8 Å². The molecule has 1 amide bonds. The molecule has 0 saturated carbocycles. The van der Waals surface area contributed by atoms with Gasteiger partial charge in [-0.15, -0.1) is 0 Å². The Morgan fingerprint density at radius 1 is 1.00 bits per heavy atom. The molecule has 2 heterocycles. The van der Waals surface area contributed by atoms with Crippen LogP contribution in [0.4, 0.5) is 0 Å². The van der Waals surface area contributed by atoms with E-state index >= 15 is 0 Å². The number of hydrogen-bond donors (Lipinski definition) is 2. The van der Waals surface area contributed by atoms with Crippen LogP contribution in [0, 0.1) is 0 Å². The molecular formula is C27H23N3O3. The van der Waals surface area contributed by atoms with Crippen molar-refractivity contribution in [1.29, 1.82) is 0 Å². The minimum absolute atomic E-state index is 0.121. The zero-order valence-electron chi connectivity index (χ0n) is 18.4. The minimum Gasteiger partial charge on any atom is -0.497 e. The molecule has 2 aromatic heterocycles. The van der Waals surface area contributed by atoms with Crippen LogP contribution in [0.2, 0.25) is 0 Å². The summed E-state index contributed by atoms with van der Waals surface area (Å²) in [5.74, 6) is 0.464. The molecule has 2 N–H and O–H groups in total. The first kappa shape index (κ1) is 20.6. The Balaban J connectivity index is 1.61. The van der Waals surface area contributed by atoms with Gasteiger partial charge in [0.1, 0.15) is 5.75 Å². The van der Waals surface area contributed by atoms with Gasteiger partial charge in [0.2, 0.25) is 0 Å². The molecule has 5 rings (SSSR count). The molecule has 6 nitrogen and oxygen atoms in total. The number of benzene rings is 3. The summed E-state index contributed by atoms with van der Waals surface area (Å²) in [4.78, 5) is 29.3. The lowest BCUT2D eigenvalue weighted by Gasteiger charge is -2.19. The molecule has 0 aliphatic rings. The van der Waals surface area contributed by atoms with Gasteiger partial charge in [0.05, 0.1) is 13.7 Å². The van der Waals surface area contributed by atoms with Gasteiger partial charge in [-0.3, -0.25) is 9.59 Å². The van der Waals surface area contributed by atoms with Crippen molar-refractivity contribution in [1.82, 2.24) is 14.9 Å². The number of ether oxygens (including phenoxy) is 1. The van der Waals surface area contributed by atoms with Crippen molar-refractivity contribution in [3.8, 4) is 16.9 Å². The fourth-order valence-electron chi connectivity index (χ4n) is 4.26. The maximum atomic E-state index is 13.2. The third kappa shape index (κ3) is 3.65. The molecule has 6 heteroatoms. The topological polar surface area (TPSA) is 76.1 Å². The van der Waals surface area contributed by atoms with E-state index in [1.165, 1.54) is 0 Å². The number of pyridine rings is 1. The van der Waals surface area contributed by atoms with Crippen molar-refractivity contribution in [2.24, 2.45) is 7.05 Å². The van der Waals surface area contributed by atoms with E-state index in [4.69, 9.17) is 4.74 Å². The molecule has 0 spiro atoms. The van der Waals surface area contributed by atoms with E-state index in [0.29, 0.717) is 16.7 Å². The molecule has 0 aliphatic carbocycles. The third-order valence-corrected chi connectivity index (χ3v) is 6.02. The van der Waals surface area contributed by atoms with Crippen molar-refractivity contribution < 1.29 is 9.53 Å². The molecule has 0 saturated heterocycles. The third-order valence-electron chi connectivity index (χ3n) is 6.02. The Morgan fingerprint density at radius 3 is 2.61 bits per heavy atom. The standard InChI is InChI=1S/C27H23N3O3/c1-30-24(16-29-26(31)19-9-8-17-12-13-28-23(17)14-19)25(18-6-4-3-5-7-18)22-15-20(33-2)10-11-21(22)27(30)32/h3-15,28H,16H2,1-2H3,(H,29,31). The molecule has 0 unspecified atom stereocenters. The fourth-order valence-corrected chi connectivity index (χ4v) is 4.26. The number of aromatic amines is 1. The van der Waals surface area contributed by atoms with E-state index in [9.17, 15) is 9.59 Å². The summed E-state index contributed by atoms with van der Waals surface area (Å²) in [7, 11) is 3.34. The molecule has 164 valence electrons. The van der Waals surface area contributed by atoms with Gasteiger partial charge in [-0.1, -0.05) is 36.4 Å². The number of fused-ring (bicyclic) bond motifs is 2. The van der Waals surface area contributed by atoms with E-state index < -0.39 is 0 Å². The van der Waals surface area contributed by atoms with E-state index in [1.807, 2.05) is 60.8 Å². The Bertz CT molecular complexity index is 1550. The van der Waals surface area contributed by atoms with Crippen LogP contribution in [0.5, 0.6) is 5.75 Å². The van der Waals surface area contributed by atoms with Gasteiger partial charge >= 0.3 is 0 Å². The summed E-state index contributed by atoms with van der Waals surface area (Å²) in [5.41, 5.74) is 3.91. The highest BCUT2D eigenvalue weighted by molar-refractivity contribution is 6.00. The highest BCUT2D eigenvalue weighted by atomic mass is 16.5. The first-order chi connectivity index (χ1) is 16.1. The van der Waals surface area contributed by atoms with Crippen molar-refractivity contribution in [2.45, 2.75) is 6.54 Å². The molecule has 5 aromatic rings. The van der Waals surface area contributed by atoms with Gasteiger partial charge in [-0.25, -0.2) is 0 Å². The lowest BCUT2D eigenvalue weighted by molar-refractivity contribution is 0.0950. The average Bonchev–Trinajstić information content (AvgIpc) is 3.33. The zero-order chi connectivity index (χ0) is 22.9. The predicted octanol–water partition coefficient (Wildman–Crippen LogP) is 4.63. The molecule has 3 aromatic carbocycles. The molecule has 0 fully saturated rings. The Morgan fingerprint density at radius 2 is 1.82 bits per heavy atom. The lowest BCUT2D eigenvalue weighted by atomic mass is 9.96. The van der Waals surface area contributed by atoms with Crippen LogP contribution in [-0.2, 0) is 13.6 Å². The zero-order valence-corrected chi connectivity index (χ0v) is 18.4. The second-order valence-corrected chi connectivity index (χ2v) is 7.93. The van der Waals surface area contributed by atoms with E-state index in [2.05, 4.69) is 10.3 Å². The smallest absolute Gasteiger partial charge is 0.258 e. The number of amides is 1. The number of hydrogen-bond acceptors (Lipinski definition) is 3. The monoisotopic (exact) mass is 437 g/mol. The summed E-state index contributed by atoms with van der Waals surface area (Å²) in [5, 5.41) is 5.44. The maximum Gasteiger partial charge on any atom is 0.258 e. The van der Waals surface area contributed by atoms with Gasteiger partial charge in [-0.2, -0.15) is 0 Å². The highest BCUT2D eigenvalue weighted by Crippen LogP contribution is 2.32. The number of carbonyl (C=O) groups is 1. The largest absolute Gasteiger partial charge is 0.497 e. The number of carbonyl (C=O) groups excluding carboxylic acids is 1. The summed E-state index contributed by atoms with van der Waals surface area (Å²) in [6, 6.07) is 22.8. The van der Waals surface area contributed by atoms with Crippen LogP contribution in [0.25, 0.3) is 32.8 Å². The Labute approximate surface area is 190 Å². The molecule has 0 aliphatic heterocycles. The summed E-state index contributed by atoms with van der Waals surface area (Å²) in [6.07, 6.45) is 1.84. The number of H-pyrrole nitrogens is 1. The van der Waals surface area contributed by atoms with Gasteiger partial charge in [0, 0.05) is 46.4 Å². The highest BCUT2D eigenvalue weighted by Gasteiger charge is 2.18. The fraction of sp³-hybridized carbons (Fsp3) is 0.111. The first-order valence-electron chi connectivity index (χ1n) is 10.7. The predicted molar refractivity (Wildman–Crippen MR) is 131 cm³/mol. The second-order valence-electron chi connectivity index (χ2n) is 7.93. The second kappa shape index (κ2) is 8.31. The van der Waals surface area contributed by atoms with Crippen LogP contribution >= 0.6 is 0 Å². The Hall–Kier alpha value is -4.32. The lowest BCUT2D eigenvalue weighted by Crippen LogP contribution is -2.29. The number of nitrogens with one attached hydrogen (secondary N) is 2. The number of nitrogens with zero attached hydrogens (tertiary/aromatic N) is 1. The van der Waals surface area contributed by atoms with Gasteiger partial charge in [0.15, 0.2) is 0 Å². The van der Waals surface area contributed by atoms with Crippen molar-refractivity contribution >= 4 is 27.6 Å². The van der Waals surface area contributed by atoms with Crippen LogP contribution in [-0.4, -0.2) is 22.6 Å². The van der Waals surface area contributed by atoms with Crippen LogP contribution in [0.1, 0.15) is 16.1 Å². The SMILES string of the molecule is COc1ccc2c(=O)n(C)c(CNC(=O)c3ccc4cc[nH]c4c3)c(-c3ccccc3)c2c1. The van der Waals surface area contributed by atoms with Gasteiger partial charge < -0.3 is 19.6 Å². The van der Waals surface area contributed by atoms with E-state index in [-0.39, 0.29) is 18.0 Å². The number of aromatic nitrogens is 2. The molecular weight excluding hydrogens is 414 g/mol. The quantitative estimate of drug-likeness (QED) is 0.421. The average molecular weight is 437 g/mol. The summed E-state index contributed by atoms with van der Waals surface area (Å²) in [6.45, 7) is 0.199. The Kier molecular flexibility index (Phi) is 5.18. The normalized spacial score (nSPS) is 11.1. The van der Waals surface area contributed by atoms with Crippen LogP contribution in [0.3, 0.4) is 0 Å². The number of methoxy groups -OCH3 is 1. The van der Waals surface area contributed by atoms with Crippen molar-refractivity contribution in [2.75, 3.05) is 7.11 Å². The molecule has 0 radical (unpaired) electrons. The molecule has 0 atom stereocenters. The number of rotatable bonds is 5. The minimum atomic E-state index is -0.205. The van der Waals surface area contributed by atoms with Crippen molar-refractivity contribution in [3.63, 3.8) is 0 Å². The van der Waals surface area contributed by atoms with Gasteiger partial charge in [0.25, 0.3) is 11.5 Å². The summed E-state index contributed by atoms with van der Waals surface area (Å²) >= 11 is 0. The maximum absolute atomic E-state index is 13.2. The van der Waals surface area contributed by atoms with Crippen molar-refractivity contribution in [3.05, 3.63) is 101 Å². The first-order valence-corrected chi connectivity index (χ1v) is 10.7. The van der Waals surface area contributed by atoms with Gasteiger partial charge in [-0.05, 0) is 47.3 Å². The molecule has 33 heavy (non-hydrogen) atoms.